The predicted octanol–water partition coefficient (Wildman–Crippen LogP) is 4.09. The minimum Gasteiger partial charge on any atom is -0.505 e. The van der Waals surface area contributed by atoms with Crippen LogP contribution in [0.1, 0.15) is 38.8 Å². The van der Waals surface area contributed by atoms with Crippen LogP contribution in [0.15, 0.2) is 48.6 Å². The number of phenols is 1. The summed E-state index contributed by atoms with van der Waals surface area (Å²) in [6, 6.07) is 11.3. The average Bonchev–Trinajstić information content (AvgIpc) is 3.03. The molecular formula is C22H25N3O3. The van der Waals surface area contributed by atoms with Gasteiger partial charge in [-0.25, -0.2) is 4.79 Å². The van der Waals surface area contributed by atoms with Gasteiger partial charge in [0.1, 0.15) is 22.5 Å². The van der Waals surface area contributed by atoms with Crippen LogP contribution in [-0.2, 0) is 21.4 Å². The van der Waals surface area contributed by atoms with Crippen molar-refractivity contribution in [2.75, 3.05) is 6.61 Å². The average molecular weight is 379 g/mol. The molecular weight excluding hydrogens is 354 g/mol. The zero-order chi connectivity index (χ0) is 20.5. The van der Waals surface area contributed by atoms with Gasteiger partial charge in [-0.15, -0.1) is 15.0 Å². The number of fused-ring (bicyclic) bond motifs is 1. The fourth-order valence-electron chi connectivity index (χ4n) is 2.91. The Bertz CT molecular complexity index is 1040. The number of hydrogen-bond acceptors (Lipinski definition) is 5. The van der Waals surface area contributed by atoms with Crippen molar-refractivity contribution in [1.29, 1.82) is 0 Å². The molecule has 0 aliphatic carbocycles. The summed E-state index contributed by atoms with van der Waals surface area (Å²) in [7, 11) is 0. The second kappa shape index (κ2) is 7.46. The van der Waals surface area contributed by atoms with Crippen molar-refractivity contribution in [1.82, 2.24) is 15.0 Å². The normalized spacial score (nSPS) is 11.6. The van der Waals surface area contributed by atoms with E-state index in [2.05, 4.69) is 16.8 Å². The van der Waals surface area contributed by atoms with Crippen molar-refractivity contribution in [3.63, 3.8) is 0 Å². The van der Waals surface area contributed by atoms with Gasteiger partial charge in [0.25, 0.3) is 0 Å². The monoisotopic (exact) mass is 379 g/mol. The summed E-state index contributed by atoms with van der Waals surface area (Å²) in [6.45, 7) is 11.6. The summed E-state index contributed by atoms with van der Waals surface area (Å²) in [5, 5.41) is 19.7. The first kappa shape index (κ1) is 19.6. The smallest absolute Gasteiger partial charge is 0.333 e. The molecule has 0 radical (unpaired) electrons. The summed E-state index contributed by atoms with van der Waals surface area (Å²) in [4.78, 5) is 12.9. The van der Waals surface area contributed by atoms with Gasteiger partial charge in [-0.3, -0.25) is 0 Å². The molecule has 3 rings (SSSR count). The zero-order valence-corrected chi connectivity index (χ0v) is 16.7. The molecule has 0 bridgehead atoms. The fourth-order valence-corrected chi connectivity index (χ4v) is 2.91. The molecule has 0 amide bonds. The number of esters is 1. The van der Waals surface area contributed by atoms with Crippen molar-refractivity contribution in [3.05, 3.63) is 59.7 Å². The Labute approximate surface area is 164 Å². The third-order valence-electron chi connectivity index (χ3n) is 4.46. The molecule has 0 unspecified atom stereocenters. The van der Waals surface area contributed by atoms with Crippen molar-refractivity contribution in [3.8, 4) is 11.4 Å². The van der Waals surface area contributed by atoms with E-state index in [4.69, 9.17) is 4.74 Å². The molecule has 1 N–H and O–H groups in total. The molecule has 2 aromatic carbocycles. The van der Waals surface area contributed by atoms with Crippen LogP contribution in [0.25, 0.3) is 16.7 Å². The molecule has 0 aliphatic rings. The van der Waals surface area contributed by atoms with E-state index in [1.807, 2.05) is 51.1 Å². The van der Waals surface area contributed by atoms with Gasteiger partial charge in [0.2, 0.25) is 0 Å². The van der Waals surface area contributed by atoms with Crippen LogP contribution < -0.4 is 0 Å². The number of hydrogen-bond donors (Lipinski definition) is 1. The molecule has 0 saturated heterocycles. The lowest BCUT2D eigenvalue weighted by Gasteiger charge is -2.21. The highest BCUT2D eigenvalue weighted by Crippen LogP contribution is 2.34. The van der Waals surface area contributed by atoms with Gasteiger partial charge < -0.3 is 9.84 Å². The first-order chi connectivity index (χ1) is 13.2. The number of para-hydroxylation sites is 1. The van der Waals surface area contributed by atoms with E-state index in [0.29, 0.717) is 23.2 Å². The second-order valence-corrected chi connectivity index (χ2v) is 7.90. The van der Waals surface area contributed by atoms with Crippen LogP contribution in [0, 0.1) is 0 Å². The minimum atomic E-state index is -0.388. The van der Waals surface area contributed by atoms with Crippen LogP contribution in [0.4, 0.5) is 0 Å². The number of carbonyl (C=O) groups excluding carboxylic acids is 1. The molecule has 6 heteroatoms. The molecule has 0 spiro atoms. The number of carbonyl (C=O) groups is 1. The molecule has 0 fully saturated rings. The van der Waals surface area contributed by atoms with Gasteiger partial charge in [-0.1, -0.05) is 45.5 Å². The standard InChI is InChI=1S/C22H25N3O3/c1-14(2)21(27)28-12-11-15-9-10-17-18(13-15)24-25(23-17)19-8-6-7-16(20(19)26)22(3,4)5/h6-10,13,26H,1,11-12H2,2-5H3. The third-order valence-corrected chi connectivity index (χ3v) is 4.46. The lowest BCUT2D eigenvalue weighted by molar-refractivity contribution is -0.138. The Hall–Kier alpha value is -3.15. The Kier molecular flexibility index (Phi) is 5.23. The maximum Gasteiger partial charge on any atom is 0.333 e. The second-order valence-electron chi connectivity index (χ2n) is 7.90. The number of ether oxygens (including phenoxy) is 1. The van der Waals surface area contributed by atoms with Gasteiger partial charge in [-0.2, -0.15) is 0 Å². The first-order valence-corrected chi connectivity index (χ1v) is 9.18. The van der Waals surface area contributed by atoms with E-state index < -0.39 is 0 Å². The van der Waals surface area contributed by atoms with Crippen LogP contribution in [-0.4, -0.2) is 32.7 Å². The highest BCUT2D eigenvalue weighted by Gasteiger charge is 2.21. The van der Waals surface area contributed by atoms with Gasteiger partial charge >= 0.3 is 5.97 Å². The van der Waals surface area contributed by atoms with Crippen LogP contribution in [0.3, 0.4) is 0 Å². The van der Waals surface area contributed by atoms with E-state index in [-0.39, 0.29) is 23.7 Å². The Balaban J connectivity index is 1.86. The summed E-state index contributed by atoms with van der Waals surface area (Å²) in [6.07, 6.45) is 0.576. The topological polar surface area (TPSA) is 77.2 Å². The molecule has 1 heterocycles. The van der Waals surface area contributed by atoms with Gasteiger partial charge in [0.15, 0.2) is 0 Å². The summed E-state index contributed by atoms with van der Waals surface area (Å²) < 4.78 is 5.14. The van der Waals surface area contributed by atoms with Crippen molar-refractivity contribution in [2.24, 2.45) is 0 Å². The number of aromatic hydroxyl groups is 1. The summed E-state index contributed by atoms with van der Waals surface area (Å²) in [5.74, 6) is -0.205. The van der Waals surface area contributed by atoms with Crippen LogP contribution >= 0.6 is 0 Å². The third kappa shape index (κ3) is 4.06. The largest absolute Gasteiger partial charge is 0.505 e. The summed E-state index contributed by atoms with van der Waals surface area (Å²) >= 11 is 0. The minimum absolute atomic E-state index is 0.183. The van der Waals surface area contributed by atoms with Gasteiger partial charge in [0, 0.05) is 17.6 Å². The van der Waals surface area contributed by atoms with Crippen molar-refractivity contribution < 1.29 is 14.6 Å². The fraction of sp³-hybridized carbons (Fsp3) is 0.318. The number of rotatable bonds is 5. The van der Waals surface area contributed by atoms with Crippen molar-refractivity contribution in [2.45, 2.75) is 39.5 Å². The molecule has 28 heavy (non-hydrogen) atoms. The maximum atomic E-state index is 11.5. The van der Waals surface area contributed by atoms with Crippen LogP contribution in [0.2, 0.25) is 0 Å². The SMILES string of the molecule is C=C(C)C(=O)OCCc1ccc2nn(-c3cccc(C(C)(C)C)c3O)nc2c1. The van der Waals surface area contributed by atoms with E-state index in [0.717, 1.165) is 16.6 Å². The number of benzene rings is 2. The molecule has 0 aliphatic heterocycles. The van der Waals surface area contributed by atoms with E-state index >= 15 is 0 Å². The lowest BCUT2D eigenvalue weighted by atomic mass is 9.86. The maximum absolute atomic E-state index is 11.5. The predicted molar refractivity (Wildman–Crippen MR) is 109 cm³/mol. The van der Waals surface area contributed by atoms with Crippen LogP contribution in [0.5, 0.6) is 5.75 Å². The Morgan fingerprint density at radius 3 is 2.57 bits per heavy atom. The zero-order valence-electron chi connectivity index (χ0n) is 16.7. The quantitative estimate of drug-likeness (QED) is 0.534. The van der Waals surface area contributed by atoms with Crippen molar-refractivity contribution >= 4 is 17.0 Å². The number of nitrogens with zero attached hydrogens (tertiary/aromatic N) is 3. The van der Waals surface area contributed by atoms with Gasteiger partial charge in [0.05, 0.1) is 6.61 Å². The Morgan fingerprint density at radius 1 is 1.18 bits per heavy atom. The number of phenolic OH excluding ortho intramolecular Hbond substituents is 1. The highest BCUT2D eigenvalue weighted by molar-refractivity contribution is 5.86. The molecule has 0 atom stereocenters. The highest BCUT2D eigenvalue weighted by atomic mass is 16.5. The summed E-state index contributed by atoms with van der Waals surface area (Å²) in [5.41, 5.74) is 4.00. The van der Waals surface area contributed by atoms with E-state index in [1.165, 1.54) is 4.80 Å². The van der Waals surface area contributed by atoms with E-state index in [1.54, 1.807) is 13.0 Å². The molecule has 146 valence electrons. The molecule has 3 aromatic rings. The molecule has 0 saturated carbocycles. The molecule has 1 aromatic heterocycles. The first-order valence-electron chi connectivity index (χ1n) is 9.18. The lowest BCUT2D eigenvalue weighted by Crippen LogP contribution is -2.12. The van der Waals surface area contributed by atoms with Gasteiger partial charge in [-0.05, 0) is 36.1 Å². The number of aromatic nitrogens is 3. The Morgan fingerprint density at radius 2 is 1.89 bits per heavy atom. The van der Waals surface area contributed by atoms with E-state index in [9.17, 15) is 9.90 Å². The molecule has 6 nitrogen and oxygen atoms in total.